The van der Waals surface area contributed by atoms with E-state index in [0.717, 1.165) is 11.3 Å². The molecule has 1 amide bonds. The molecule has 0 saturated heterocycles. The van der Waals surface area contributed by atoms with E-state index >= 15 is 0 Å². The molecule has 1 aliphatic rings. The van der Waals surface area contributed by atoms with Crippen LogP contribution in [0.25, 0.3) is 0 Å². The summed E-state index contributed by atoms with van der Waals surface area (Å²) >= 11 is 0. The summed E-state index contributed by atoms with van der Waals surface area (Å²) in [7, 11) is 1.50. The molecule has 0 bridgehead atoms. The van der Waals surface area contributed by atoms with Gasteiger partial charge in [-0.3, -0.25) is 4.79 Å². The molecule has 0 spiro atoms. The van der Waals surface area contributed by atoms with E-state index in [9.17, 15) is 10.1 Å². The molecule has 0 radical (unpaired) electrons. The van der Waals surface area contributed by atoms with Crippen LogP contribution in [0.5, 0.6) is 0 Å². The minimum absolute atomic E-state index is 0.0873. The zero-order valence-corrected chi connectivity index (χ0v) is 12.2. The Morgan fingerprint density at radius 3 is 2.40 bits per heavy atom. The lowest BCUT2D eigenvalue weighted by Gasteiger charge is -2.38. The molecule has 4 nitrogen and oxygen atoms in total. The number of ether oxygens (including phenoxy) is 1. The summed E-state index contributed by atoms with van der Waals surface area (Å²) in [5.41, 5.74) is 1.63. The summed E-state index contributed by atoms with van der Waals surface area (Å²) in [5.74, 6) is 0.167. The Morgan fingerprint density at radius 2 is 1.90 bits per heavy atom. The average Bonchev–Trinajstić information content (AvgIpc) is 2.41. The van der Waals surface area contributed by atoms with Crippen molar-refractivity contribution in [2.24, 2.45) is 5.41 Å². The minimum Gasteiger partial charge on any atom is -0.499 e. The molecule has 1 aromatic carbocycles. The highest BCUT2D eigenvalue weighted by molar-refractivity contribution is 6.09. The molecule has 0 unspecified atom stereocenters. The van der Waals surface area contributed by atoms with Gasteiger partial charge in [-0.1, -0.05) is 31.5 Å². The van der Waals surface area contributed by atoms with Gasteiger partial charge in [0.05, 0.1) is 7.11 Å². The van der Waals surface area contributed by atoms with Gasteiger partial charge in [0.25, 0.3) is 5.91 Å². The highest BCUT2D eigenvalue weighted by atomic mass is 16.5. The highest BCUT2D eigenvalue weighted by Gasteiger charge is 2.40. The third-order valence-electron chi connectivity index (χ3n) is 3.52. The van der Waals surface area contributed by atoms with Crippen molar-refractivity contribution in [1.29, 1.82) is 5.26 Å². The molecule has 0 aromatic heterocycles. The lowest BCUT2D eigenvalue weighted by Crippen LogP contribution is -2.46. The lowest BCUT2D eigenvalue weighted by atomic mass is 9.83. The van der Waals surface area contributed by atoms with Crippen LogP contribution in [0.4, 0.5) is 5.69 Å². The first-order chi connectivity index (χ1) is 9.40. The van der Waals surface area contributed by atoms with E-state index < -0.39 is 5.41 Å². The molecule has 1 aromatic rings. The molecule has 0 N–H and O–H groups in total. The van der Waals surface area contributed by atoms with E-state index in [4.69, 9.17) is 4.74 Å². The summed E-state index contributed by atoms with van der Waals surface area (Å²) in [6, 6.07) is 9.69. The summed E-state index contributed by atoms with van der Waals surface area (Å²) in [6.45, 7) is 6.42. The molecule has 0 atom stereocenters. The maximum Gasteiger partial charge on any atom is 0.272 e. The Kier molecular flexibility index (Phi) is 3.54. The van der Waals surface area contributed by atoms with Crippen molar-refractivity contribution >= 4 is 11.6 Å². The quantitative estimate of drug-likeness (QED) is 0.830. The number of hydrogen-bond acceptors (Lipinski definition) is 3. The molecular formula is C16H18N2O2. The van der Waals surface area contributed by atoms with Gasteiger partial charge in [0.15, 0.2) is 5.57 Å². The van der Waals surface area contributed by atoms with Crippen LogP contribution in [0.1, 0.15) is 19.4 Å². The van der Waals surface area contributed by atoms with Crippen LogP contribution < -0.4 is 4.90 Å². The van der Waals surface area contributed by atoms with E-state index in [1.54, 1.807) is 4.90 Å². The van der Waals surface area contributed by atoms with Crippen LogP contribution in [0, 0.1) is 23.7 Å². The topological polar surface area (TPSA) is 53.3 Å². The number of anilines is 1. The van der Waals surface area contributed by atoms with E-state index in [1.165, 1.54) is 7.11 Å². The second-order valence-electron chi connectivity index (χ2n) is 5.63. The zero-order chi connectivity index (χ0) is 14.9. The van der Waals surface area contributed by atoms with Crippen LogP contribution in [-0.2, 0) is 9.53 Å². The van der Waals surface area contributed by atoms with Crippen LogP contribution in [0.2, 0.25) is 0 Å². The van der Waals surface area contributed by atoms with Crippen molar-refractivity contribution in [2.75, 3.05) is 18.6 Å². The van der Waals surface area contributed by atoms with Gasteiger partial charge in [0.2, 0.25) is 0 Å². The van der Waals surface area contributed by atoms with Gasteiger partial charge in [-0.15, -0.1) is 0 Å². The first kappa shape index (κ1) is 14.1. The fourth-order valence-electron chi connectivity index (χ4n) is 2.52. The summed E-state index contributed by atoms with van der Waals surface area (Å²) < 4.78 is 5.29. The van der Waals surface area contributed by atoms with Crippen LogP contribution in [0.15, 0.2) is 35.6 Å². The van der Waals surface area contributed by atoms with Gasteiger partial charge in [-0.2, -0.15) is 5.26 Å². The number of amides is 1. The average molecular weight is 270 g/mol. The summed E-state index contributed by atoms with van der Waals surface area (Å²) in [6.07, 6.45) is 0. The van der Waals surface area contributed by atoms with E-state index in [2.05, 4.69) is 0 Å². The Balaban J connectivity index is 2.50. The number of carbonyl (C=O) groups excluding carboxylic acids is 1. The third-order valence-corrected chi connectivity index (χ3v) is 3.52. The standard InChI is InChI=1S/C16H18N2O2/c1-11-5-7-12(8-6-11)18-10-16(2,3)14(20-4)13(9-17)15(18)19/h5-8H,10H2,1-4H3. The summed E-state index contributed by atoms with van der Waals surface area (Å²) in [5, 5.41) is 9.27. The molecule has 4 heteroatoms. The van der Waals surface area contributed by atoms with Gasteiger partial charge >= 0.3 is 0 Å². The van der Waals surface area contributed by atoms with Crippen LogP contribution in [-0.4, -0.2) is 19.6 Å². The molecule has 20 heavy (non-hydrogen) atoms. The van der Waals surface area contributed by atoms with Crippen molar-refractivity contribution in [3.63, 3.8) is 0 Å². The fourth-order valence-corrected chi connectivity index (χ4v) is 2.52. The molecule has 0 aliphatic carbocycles. The molecule has 2 rings (SSSR count). The maximum absolute atomic E-state index is 12.5. The second kappa shape index (κ2) is 5.01. The molecule has 1 heterocycles. The Labute approximate surface area is 119 Å². The molecule has 0 saturated carbocycles. The van der Waals surface area contributed by atoms with Gasteiger partial charge in [-0.25, -0.2) is 0 Å². The fraction of sp³-hybridized carbons (Fsp3) is 0.375. The predicted molar refractivity (Wildman–Crippen MR) is 77.0 cm³/mol. The Hall–Kier alpha value is -2.28. The van der Waals surface area contributed by atoms with Crippen molar-refractivity contribution < 1.29 is 9.53 Å². The monoisotopic (exact) mass is 270 g/mol. The SMILES string of the molecule is COC1=C(C#N)C(=O)N(c2ccc(C)cc2)CC1(C)C. The Morgan fingerprint density at radius 1 is 1.30 bits per heavy atom. The molecule has 0 fully saturated rings. The number of benzene rings is 1. The van der Waals surface area contributed by atoms with Gasteiger partial charge < -0.3 is 9.64 Å². The number of hydrogen-bond donors (Lipinski definition) is 0. The largest absolute Gasteiger partial charge is 0.499 e. The number of rotatable bonds is 2. The minimum atomic E-state index is -0.390. The number of nitrogens with zero attached hydrogens (tertiary/aromatic N) is 2. The molecular weight excluding hydrogens is 252 g/mol. The smallest absolute Gasteiger partial charge is 0.272 e. The van der Waals surface area contributed by atoms with Crippen LogP contribution in [0.3, 0.4) is 0 Å². The second-order valence-corrected chi connectivity index (χ2v) is 5.63. The Bertz CT molecular complexity index is 606. The zero-order valence-electron chi connectivity index (χ0n) is 12.2. The van der Waals surface area contributed by atoms with E-state index in [-0.39, 0.29) is 11.5 Å². The maximum atomic E-state index is 12.5. The van der Waals surface area contributed by atoms with Gasteiger partial charge in [0, 0.05) is 17.6 Å². The predicted octanol–water partition coefficient (Wildman–Crippen LogP) is 2.79. The normalized spacial score (nSPS) is 17.9. The molecule has 104 valence electrons. The highest BCUT2D eigenvalue weighted by Crippen LogP contribution is 2.37. The number of nitriles is 1. The lowest BCUT2D eigenvalue weighted by molar-refractivity contribution is -0.116. The van der Waals surface area contributed by atoms with Gasteiger partial charge in [0.1, 0.15) is 11.8 Å². The van der Waals surface area contributed by atoms with Crippen molar-refractivity contribution in [3.05, 3.63) is 41.2 Å². The number of methoxy groups -OCH3 is 1. The summed E-state index contributed by atoms with van der Waals surface area (Å²) in [4.78, 5) is 14.1. The van der Waals surface area contributed by atoms with Crippen molar-refractivity contribution in [1.82, 2.24) is 0 Å². The third kappa shape index (κ3) is 2.27. The first-order valence-corrected chi connectivity index (χ1v) is 6.48. The van der Waals surface area contributed by atoms with Crippen LogP contribution >= 0.6 is 0 Å². The van der Waals surface area contributed by atoms with Crippen molar-refractivity contribution in [2.45, 2.75) is 20.8 Å². The van der Waals surface area contributed by atoms with E-state index in [1.807, 2.05) is 51.1 Å². The first-order valence-electron chi connectivity index (χ1n) is 6.48. The van der Waals surface area contributed by atoms with Gasteiger partial charge in [-0.05, 0) is 19.1 Å². The number of carbonyl (C=O) groups is 1. The van der Waals surface area contributed by atoms with E-state index in [0.29, 0.717) is 12.3 Å². The van der Waals surface area contributed by atoms with Crippen molar-refractivity contribution in [3.8, 4) is 6.07 Å². The molecule has 1 aliphatic heterocycles. The number of aryl methyl sites for hydroxylation is 1.